The lowest BCUT2D eigenvalue weighted by atomic mass is 9.58. The number of fused-ring (bicyclic) bond motifs is 3. The number of nitrogens with zero attached hydrogens (tertiary/aromatic N) is 2. The summed E-state index contributed by atoms with van der Waals surface area (Å²) in [6.07, 6.45) is 0.224. The number of rotatable bonds is 5. The van der Waals surface area contributed by atoms with Gasteiger partial charge < -0.3 is 5.32 Å². The highest BCUT2D eigenvalue weighted by Crippen LogP contribution is 2.52. The van der Waals surface area contributed by atoms with Crippen molar-refractivity contribution in [3.63, 3.8) is 0 Å². The van der Waals surface area contributed by atoms with Crippen molar-refractivity contribution in [3.8, 4) is 6.07 Å². The molecule has 4 aliphatic rings. The van der Waals surface area contributed by atoms with Gasteiger partial charge in [0.25, 0.3) is 5.91 Å². The molecule has 0 heterocycles. The van der Waals surface area contributed by atoms with Crippen LogP contribution in [0.1, 0.15) is 74.2 Å². The fraction of sp³-hybridized carbons (Fsp3) is 0.619. The lowest BCUT2D eigenvalue weighted by Crippen LogP contribution is -2.56. The Balaban J connectivity index is 1.69. The van der Waals surface area contributed by atoms with Gasteiger partial charge in [0.1, 0.15) is 0 Å². The van der Waals surface area contributed by atoms with Gasteiger partial charge in [-0.3, -0.25) is 9.10 Å². The molecule has 0 atom stereocenters. The largest absolute Gasteiger partial charge is 0.416 e. The maximum Gasteiger partial charge on any atom is 0.416 e. The predicted octanol–water partition coefficient (Wildman–Crippen LogP) is 3.94. The monoisotopic (exact) mass is 455 g/mol. The standard InChI is InChI=1S/C21H24F3N3O3S/c1-18(4-5-18)27(31(29)30)16-12-14(21(22,23)24)2-3-15(16)17(28)26-20-9-6-19(13-25,7-10-20)8-11-20/h2-3,12,31H,4-11H2,1H3,(H,26,28). The highest BCUT2D eigenvalue weighted by Gasteiger charge is 2.50. The van der Waals surface area contributed by atoms with Crippen LogP contribution in [0.4, 0.5) is 18.9 Å². The summed E-state index contributed by atoms with van der Waals surface area (Å²) < 4.78 is 65.0. The van der Waals surface area contributed by atoms with E-state index in [1.807, 2.05) is 0 Å². The molecule has 1 aromatic carbocycles. The molecular formula is C21H24F3N3O3S. The van der Waals surface area contributed by atoms with Crippen molar-refractivity contribution in [1.82, 2.24) is 5.32 Å². The Kier molecular flexibility index (Phi) is 5.04. The molecule has 0 aliphatic heterocycles. The molecule has 2 bridgehead atoms. The molecule has 4 saturated carbocycles. The van der Waals surface area contributed by atoms with Crippen LogP contribution in [0.5, 0.6) is 0 Å². The first kappa shape index (κ1) is 21.9. The van der Waals surface area contributed by atoms with E-state index in [9.17, 15) is 31.6 Å². The summed E-state index contributed by atoms with van der Waals surface area (Å²) in [4.78, 5) is 13.2. The van der Waals surface area contributed by atoms with Gasteiger partial charge in [0.2, 0.25) is 10.9 Å². The highest BCUT2D eigenvalue weighted by molar-refractivity contribution is 7.74. The van der Waals surface area contributed by atoms with E-state index in [4.69, 9.17) is 0 Å². The number of anilines is 1. The summed E-state index contributed by atoms with van der Waals surface area (Å²) in [5.74, 6) is -0.582. The summed E-state index contributed by atoms with van der Waals surface area (Å²) in [5.41, 5.74) is -3.00. The van der Waals surface area contributed by atoms with Gasteiger partial charge in [-0.1, -0.05) is 0 Å². The van der Waals surface area contributed by atoms with Crippen molar-refractivity contribution in [2.24, 2.45) is 5.41 Å². The van der Waals surface area contributed by atoms with Crippen molar-refractivity contribution in [2.75, 3.05) is 4.31 Å². The van der Waals surface area contributed by atoms with Crippen molar-refractivity contribution in [1.29, 1.82) is 5.26 Å². The molecule has 5 rings (SSSR count). The Labute approximate surface area is 180 Å². The molecule has 4 aliphatic carbocycles. The zero-order valence-electron chi connectivity index (χ0n) is 17.1. The molecule has 6 nitrogen and oxygen atoms in total. The first-order valence-electron chi connectivity index (χ1n) is 10.3. The zero-order valence-corrected chi connectivity index (χ0v) is 18.0. The van der Waals surface area contributed by atoms with Gasteiger partial charge in [0, 0.05) is 5.54 Å². The third-order valence-electron chi connectivity index (χ3n) is 7.31. The van der Waals surface area contributed by atoms with Crippen LogP contribution in [0.15, 0.2) is 18.2 Å². The molecule has 0 aromatic heterocycles. The van der Waals surface area contributed by atoms with Crippen molar-refractivity contribution in [2.45, 2.75) is 75.5 Å². The number of carbonyl (C=O) groups is 1. The predicted molar refractivity (Wildman–Crippen MR) is 108 cm³/mol. The number of hydrogen-bond acceptors (Lipinski definition) is 4. The zero-order chi connectivity index (χ0) is 22.7. The van der Waals surface area contributed by atoms with Gasteiger partial charge in [-0.05, 0) is 76.5 Å². The van der Waals surface area contributed by atoms with Gasteiger partial charge in [-0.25, -0.2) is 8.42 Å². The molecule has 31 heavy (non-hydrogen) atoms. The summed E-state index contributed by atoms with van der Waals surface area (Å²) in [5, 5.41) is 12.4. The Hall–Kier alpha value is -2.28. The van der Waals surface area contributed by atoms with Crippen molar-refractivity contribution < 1.29 is 26.4 Å². The number of halogens is 3. The van der Waals surface area contributed by atoms with E-state index in [2.05, 4.69) is 11.4 Å². The van der Waals surface area contributed by atoms with Crippen LogP contribution < -0.4 is 9.62 Å². The minimum absolute atomic E-state index is 0.0857. The van der Waals surface area contributed by atoms with Gasteiger partial charge in [0.15, 0.2) is 0 Å². The number of nitriles is 1. The van der Waals surface area contributed by atoms with Crippen molar-refractivity contribution >= 4 is 22.5 Å². The van der Waals surface area contributed by atoms with Crippen LogP contribution in [0, 0.1) is 16.7 Å². The van der Waals surface area contributed by atoms with E-state index in [1.165, 1.54) is 0 Å². The lowest BCUT2D eigenvalue weighted by Gasteiger charge is -2.50. The average Bonchev–Trinajstić information content (AvgIpc) is 3.45. The van der Waals surface area contributed by atoms with Gasteiger partial charge in [-0.2, -0.15) is 18.4 Å². The molecule has 0 radical (unpaired) electrons. The number of thiol groups is 1. The first-order valence-corrected chi connectivity index (χ1v) is 11.5. The second-order valence-electron chi connectivity index (χ2n) is 9.40. The van der Waals surface area contributed by atoms with Crippen LogP contribution in [0.2, 0.25) is 0 Å². The Bertz CT molecular complexity index is 1010. The van der Waals surface area contributed by atoms with Crippen LogP contribution in [-0.4, -0.2) is 25.4 Å². The first-order chi connectivity index (χ1) is 14.4. The van der Waals surface area contributed by atoms with E-state index in [0.717, 1.165) is 22.5 Å². The maximum atomic E-state index is 13.3. The van der Waals surface area contributed by atoms with E-state index >= 15 is 0 Å². The van der Waals surface area contributed by atoms with Crippen LogP contribution in [0.3, 0.4) is 0 Å². The van der Waals surface area contributed by atoms with E-state index in [-0.39, 0.29) is 16.7 Å². The molecular weight excluding hydrogens is 431 g/mol. The molecule has 0 unspecified atom stereocenters. The summed E-state index contributed by atoms with van der Waals surface area (Å²) >= 11 is 0. The van der Waals surface area contributed by atoms with E-state index in [0.29, 0.717) is 51.4 Å². The van der Waals surface area contributed by atoms with Crippen LogP contribution in [0.25, 0.3) is 0 Å². The second-order valence-corrected chi connectivity index (χ2v) is 10.3. The summed E-state index contributed by atoms with van der Waals surface area (Å²) in [6.45, 7) is 1.66. The fourth-order valence-corrected chi connectivity index (χ4v) is 5.83. The smallest absolute Gasteiger partial charge is 0.347 e. The number of hydrogen-bond donors (Lipinski definition) is 2. The minimum atomic E-state index is -4.67. The quantitative estimate of drug-likeness (QED) is 0.658. The van der Waals surface area contributed by atoms with E-state index in [1.54, 1.807) is 6.92 Å². The highest BCUT2D eigenvalue weighted by atomic mass is 32.2. The Morgan fingerprint density at radius 3 is 2.13 bits per heavy atom. The number of alkyl halides is 3. The van der Waals surface area contributed by atoms with Crippen LogP contribution in [-0.2, 0) is 17.1 Å². The van der Waals surface area contributed by atoms with Gasteiger partial charge in [-0.15, -0.1) is 0 Å². The molecule has 4 fully saturated rings. The van der Waals surface area contributed by atoms with E-state index < -0.39 is 39.6 Å². The maximum absolute atomic E-state index is 13.3. The molecule has 0 spiro atoms. The molecule has 1 N–H and O–H groups in total. The number of amides is 1. The Morgan fingerprint density at radius 1 is 1.10 bits per heavy atom. The van der Waals surface area contributed by atoms with Gasteiger partial charge in [0.05, 0.1) is 33.8 Å². The minimum Gasteiger partial charge on any atom is -0.347 e. The number of nitrogens with one attached hydrogen (secondary N) is 1. The molecule has 10 heteroatoms. The normalized spacial score (nSPS) is 28.8. The molecule has 1 aromatic rings. The topological polar surface area (TPSA) is 90.3 Å². The lowest BCUT2D eigenvalue weighted by molar-refractivity contribution is -0.137. The molecule has 0 saturated heterocycles. The third-order valence-corrected chi connectivity index (χ3v) is 8.33. The van der Waals surface area contributed by atoms with Gasteiger partial charge >= 0.3 is 6.18 Å². The molecule has 168 valence electrons. The molecule has 1 amide bonds. The summed E-state index contributed by atoms with van der Waals surface area (Å²) in [7, 11) is -3.24. The van der Waals surface area contributed by atoms with Crippen molar-refractivity contribution in [3.05, 3.63) is 29.3 Å². The Morgan fingerprint density at radius 2 is 1.68 bits per heavy atom. The second kappa shape index (κ2) is 7.12. The average molecular weight is 456 g/mol. The third kappa shape index (κ3) is 3.88. The fourth-order valence-electron chi connectivity index (χ4n) is 4.89. The van der Waals surface area contributed by atoms with Crippen LogP contribution >= 0.6 is 0 Å². The number of carbonyl (C=O) groups excluding carboxylic acids is 1. The summed E-state index contributed by atoms with van der Waals surface area (Å²) in [6, 6.07) is 5.02. The SMILES string of the molecule is CC1(N(c2cc(C(F)(F)F)ccc2C(=O)NC23CCC(C#N)(CC2)CC3)[SH](=O)=O)CC1. The number of benzene rings is 1.